The lowest BCUT2D eigenvalue weighted by Gasteiger charge is -2.17. The monoisotopic (exact) mass is 462 g/mol. The molecule has 0 heterocycles. The van der Waals surface area contributed by atoms with Gasteiger partial charge in [-0.3, -0.25) is 4.79 Å². The number of amides is 1. The number of hydrogen-bond acceptors (Lipinski definition) is 5. The topological polar surface area (TPSA) is 84.5 Å². The number of aryl methyl sites for hydroxylation is 1. The van der Waals surface area contributed by atoms with E-state index in [0.717, 1.165) is 22.3 Å². The highest BCUT2D eigenvalue weighted by molar-refractivity contribution is 7.98. The molecule has 0 aliphatic heterocycles. The third-order valence-electron chi connectivity index (χ3n) is 4.35. The average molecular weight is 463 g/mol. The summed E-state index contributed by atoms with van der Waals surface area (Å²) in [5.41, 5.74) is 1.89. The van der Waals surface area contributed by atoms with Crippen molar-refractivity contribution < 1.29 is 17.9 Å². The molecule has 0 radical (unpaired) electrons. The highest BCUT2D eigenvalue weighted by atomic mass is 32.2. The van der Waals surface area contributed by atoms with Gasteiger partial charge in [0.25, 0.3) is 0 Å². The molecule has 31 heavy (non-hydrogen) atoms. The van der Waals surface area contributed by atoms with Crippen LogP contribution in [0.5, 0.6) is 5.75 Å². The molecule has 2 aromatic carbocycles. The first-order chi connectivity index (χ1) is 14.9. The van der Waals surface area contributed by atoms with Crippen LogP contribution in [0, 0.1) is 6.92 Å². The van der Waals surface area contributed by atoms with Crippen molar-refractivity contribution in [3.8, 4) is 5.75 Å². The fourth-order valence-corrected chi connectivity index (χ4v) is 4.26. The zero-order valence-corrected chi connectivity index (χ0v) is 19.5. The van der Waals surface area contributed by atoms with Crippen molar-refractivity contribution in [2.24, 2.45) is 0 Å². The largest absolute Gasteiger partial charge is 0.494 e. The van der Waals surface area contributed by atoms with E-state index in [2.05, 4.69) is 10.0 Å². The summed E-state index contributed by atoms with van der Waals surface area (Å²) >= 11 is 1.56. The van der Waals surface area contributed by atoms with Crippen LogP contribution >= 0.6 is 11.8 Å². The molecule has 0 fully saturated rings. The van der Waals surface area contributed by atoms with Crippen LogP contribution in [0.4, 0.5) is 0 Å². The lowest BCUT2D eigenvalue weighted by Crippen LogP contribution is -2.46. The van der Waals surface area contributed by atoms with Gasteiger partial charge < -0.3 is 10.1 Å². The first-order valence-corrected chi connectivity index (χ1v) is 13.1. The Labute approximate surface area is 189 Å². The highest BCUT2D eigenvalue weighted by Gasteiger charge is 2.22. The number of ether oxygens (including phenoxy) is 1. The van der Waals surface area contributed by atoms with E-state index in [-0.39, 0.29) is 5.91 Å². The SMILES string of the molecule is CSCCC(NS(=O)(=O)/C=C/c1ccccc1)C(=O)NCCCOc1cccc(C)c1. The van der Waals surface area contributed by atoms with Crippen molar-refractivity contribution in [3.63, 3.8) is 0 Å². The predicted octanol–water partition coefficient (Wildman–Crippen LogP) is 3.59. The van der Waals surface area contributed by atoms with E-state index in [1.165, 1.54) is 6.08 Å². The van der Waals surface area contributed by atoms with Gasteiger partial charge in [0.15, 0.2) is 0 Å². The van der Waals surface area contributed by atoms with Gasteiger partial charge in [0, 0.05) is 12.0 Å². The number of carbonyl (C=O) groups excluding carboxylic acids is 1. The lowest BCUT2D eigenvalue weighted by molar-refractivity contribution is -0.122. The van der Waals surface area contributed by atoms with Crippen LogP contribution < -0.4 is 14.8 Å². The van der Waals surface area contributed by atoms with Gasteiger partial charge in [-0.25, -0.2) is 8.42 Å². The number of carbonyl (C=O) groups is 1. The quantitative estimate of drug-likeness (QED) is 0.445. The number of thioether (sulfide) groups is 1. The van der Waals surface area contributed by atoms with Crippen LogP contribution in [-0.2, 0) is 14.8 Å². The third-order valence-corrected chi connectivity index (χ3v) is 6.10. The Balaban J connectivity index is 1.84. The number of nitrogens with one attached hydrogen (secondary N) is 2. The summed E-state index contributed by atoms with van der Waals surface area (Å²) in [7, 11) is -3.76. The van der Waals surface area contributed by atoms with Gasteiger partial charge in [0.05, 0.1) is 6.61 Å². The summed E-state index contributed by atoms with van der Waals surface area (Å²) in [5.74, 6) is 1.13. The van der Waals surface area contributed by atoms with Crippen LogP contribution in [0.1, 0.15) is 24.0 Å². The van der Waals surface area contributed by atoms with Crippen LogP contribution in [0.3, 0.4) is 0 Å². The highest BCUT2D eigenvalue weighted by Crippen LogP contribution is 2.12. The average Bonchev–Trinajstić information content (AvgIpc) is 2.75. The van der Waals surface area contributed by atoms with E-state index < -0.39 is 16.1 Å². The summed E-state index contributed by atoms with van der Waals surface area (Å²) < 4.78 is 33.0. The van der Waals surface area contributed by atoms with Crippen molar-refractivity contribution in [1.29, 1.82) is 0 Å². The summed E-state index contributed by atoms with van der Waals surface area (Å²) in [6, 6.07) is 16.1. The van der Waals surface area contributed by atoms with E-state index in [1.807, 2.05) is 67.8 Å². The molecule has 1 amide bonds. The van der Waals surface area contributed by atoms with E-state index in [0.29, 0.717) is 31.7 Å². The molecule has 1 unspecified atom stereocenters. The van der Waals surface area contributed by atoms with Gasteiger partial charge in [-0.05, 0) is 61.1 Å². The Hall–Kier alpha value is -2.29. The molecule has 1 atom stereocenters. The van der Waals surface area contributed by atoms with Crippen LogP contribution in [-0.4, -0.2) is 45.5 Å². The van der Waals surface area contributed by atoms with Crippen LogP contribution in [0.25, 0.3) is 6.08 Å². The summed E-state index contributed by atoms with van der Waals surface area (Å²) in [4.78, 5) is 12.6. The third kappa shape index (κ3) is 10.0. The van der Waals surface area contributed by atoms with Crippen molar-refractivity contribution in [2.45, 2.75) is 25.8 Å². The molecule has 0 saturated heterocycles. The number of hydrogen-bond donors (Lipinski definition) is 2. The zero-order chi connectivity index (χ0) is 22.5. The van der Waals surface area contributed by atoms with E-state index in [4.69, 9.17) is 4.74 Å². The predicted molar refractivity (Wildman–Crippen MR) is 129 cm³/mol. The fraction of sp³-hybridized carbons (Fsp3) is 0.348. The first kappa shape index (κ1) is 25.0. The first-order valence-electron chi connectivity index (χ1n) is 10.1. The molecule has 0 aliphatic rings. The molecule has 8 heteroatoms. The van der Waals surface area contributed by atoms with Crippen molar-refractivity contribution in [2.75, 3.05) is 25.2 Å². The summed E-state index contributed by atoms with van der Waals surface area (Å²) in [5, 5.41) is 3.90. The second-order valence-electron chi connectivity index (χ2n) is 7.02. The molecule has 0 aromatic heterocycles. The number of benzene rings is 2. The maximum Gasteiger partial charge on any atom is 0.238 e. The summed E-state index contributed by atoms with van der Waals surface area (Å²) in [6.07, 6.45) is 4.46. The van der Waals surface area contributed by atoms with Gasteiger partial charge in [-0.1, -0.05) is 42.5 Å². The van der Waals surface area contributed by atoms with Gasteiger partial charge in [0.2, 0.25) is 15.9 Å². The lowest BCUT2D eigenvalue weighted by atomic mass is 10.2. The molecule has 2 aromatic rings. The normalized spacial score (nSPS) is 12.6. The number of rotatable bonds is 13. The Bertz CT molecular complexity index is 947. The Kier molecular flexibility index (Phi) is 10.6. The Morgan fingerprint density at radius 2 is 1.94 bits per heavy atom. The molecule has 2 rings (SSSR count). The zero-order valence-electron chi connectivity index (χ0n) is 17.9. The minimum absolute atomic E-state index is 0.332. The maximum absolute atomic E-state index is 12.6. The van der Waals surface area contributed by atoms with Gasteiger partial charge >= 0.3 is 0 Å². The molecule has 0 saturated carbocycles. The molecule has 168 valence electrons. The van der Waals surface area contributed by atoms with Crippen LogP contribution in [0.15, 0.2) is 60.0 Å². The molecule has 6 nitrogen and oxygen atoms in total. The molecule has 0 bridgehead atoms. The maximum atomic E-state index is 12.6. The second kappa shape index (κ2) is 13.2. The van der Waals surface area contributed by atoms with E-state index >= 15 is 0 Å². The van der Waals surface area contributed by atoms with Crippen molar-refractivity contribution >= 4 is 33.8 Å². The van der Waals surface area contributed by atoms with E-state index in [9.17, 15) is 13.2 Å². The van der Waals surface area contributed by atoms with Crippen molar-refractivity contribution in [3.05, 3.63) is 71.1 Å². The molecule has 2 N–H and O–H groups in total. The minimum Gasteiger partial charge on any atom is -0.494 e. The van der Waals surface area contributed by atoms with Crippen molar-refractivity contribution in [1.82, 2.24) is 10.0 Å². The van der Waals surface area contributed by atoms with Gasteiger partial charge in [0.1, 0.15) is 11.8 Å². The van der Waals surface area contributed by atoms with Crippen LogP contribution in [0.2, 0.25) is 0 Å². The fourth-order valence-electron chi connectivity index (χ4n) is 2.75. The molecule has 0 spiro atoms. The smallest absolute Gasteiger partial charge is 0.238 e. The standard InChI is InChI=1S/C23H30N2O4S2/c1-19-8-6-11-21(18-19)29-15-7-14-24-23(26)22(12-16-30-2)25-31(27,28)17-13-20-9-4-3-5-10-20/h3-6,8-11,13,17-18,22,25H,7,12,14-16H2,1-2H3,(H,24,26)/b17-13+. The molecular weight excluding hydrogens is 432 g/mol. The second-order valence-corrected chi connectivity index (χ2v) is 9.60. The number of sulfonamides is 1. The Morgan fingerprint density at radius 1 is 1.16 bits per heavy atom. The van der Waals surface area contributed by atoms with Gasteiger partial charge in [-0.15, -0.1) is 0 Å². The minimum atomic E-state index is -3.76. The molecule has 0 aliphatic carbocycles. The Morgan fingerprint density at radius 3 is 2.65 bits per heavy atom. The summed E-state index contributed by atoms with van der Waals surface area (Å²) in [6.45, 7) is 2.87. The van der Waals surface area contributed by atoms with E-state index in [1.54, 1.807) is 11.8 Å². The van der Waals surface area contributed by atoms with Gasteiger partial charge in [-0.2, -0.15) is 16.5 Å². The molecular formula is C23H30N2O4S2.